The molecule has 0 bridgehead atoms. The van der Waals surface area contributed by atoms with Gasteiger partial charge in [0.15, 0.2) is 14.9 Å². The largest absolute Gasteiger partial charge is 0.241 e. The Balaban J connectivity index is 2.57. The van der Waals surface area contributed by atoms with Crippen LogP contribution < -0.4 is 0 Å². The lowest BCUT2D eigenvalue weighted by molar-refractivity contribution is 0.562. The van der Waals surface area contributed by atoms with Gasteiger partial charge in [0.05, 0.1) is 11.4 Å². The summed E-state index contributed by atoms with van der Waals surface area (Å²) in [6.07, 6.45) is 3.12. The van der Waals surface area contributed by atoms with Gasteiger partial charge in [0.25, 0.3) is 0 Å². The third-order valence-electron chi connectivity index (χ3n) is 3.18. The molecule has 7 heteroatoms. The Labute approximate surface area is 130 Å². The van der Waals surface area contributed by atoms with Gasteiger partial charge >= 0.3 is 0 Å². The van der Waals surface area contributed by atoms with Crippen molar-refractivity contribution in [1.29, 1.82) is 0 Å². The monoisotopic (exact) mass is 329 g/mol. The van der Waals surface area contributed by atoms with Crippen LogP contribution in [0.15, 0.2) is 23.5 Å². The molecule has 0 amide bonds. The molecule has 0 saturated carbocycles. The lowest BCUT2D eigenvalue weighted by atomic mass is 9.92. The summed E-state index contributed by atoms with van der Waals surface area (Å²) in [5.74, 6) is 0.164. The molecule has 2 aromatic heterocycles. The van der Waals surface area contributed by atoms with Crippen molar-refractivity contribution < 1.29 is 8.42 Å². The Morgan fingerprint density at radius 1 is 1.38 bits per heavy atom. The summed E-state index contributed by atoms with van der Waals surface area (Å²) in [7, 11) is -3.49. The van der Waals surface area contributed by atoms with Crippen molar-refractivity contribution in [1.82, 2.24) is 14.6 Å². The van der Waals surface area contributed by atoms with E-state index in [1.807, 2.05) is 27.7 Å². The zero-order valence-electron chi connectivity index (χ0n) is 12.7. The van der Waals surface area contributed by atoms with Crippen LogP contribution in [0.4, 0.5) is 0 Å². The minimum atomic E-state index is -3.49. The molecule has 0 aliphatic carbocycles. The summed E-state index contributed by atoms with van der Waals surface area (Å²) >= 11 is 5.73. The van der Waals surface area contributed by atoms with E-state index in [-0.39, 0.29) is 22.1 Å². The van der Waals surface area contributed by atoms with E-state index < -0.39 is 9.84 Å². The first-order valence-electron chi connectivity index (χ1n) is 6.79. The third-order valence-corrected chi connectivity index (χ3v) is 5.62. The standard InChI is InChI=1S/C14H20ClN3O2S/c1-10(8-15)9-21(19,20)13-11-7-12(14(2,3)4)17-18(11)6-5-16-13/h5-7,10H,8-9H2,1-4H3. The fourth-order valence-corrected chi connectivity index (χ4v) is 3.96. The van der Waals surface area contributed by atoms with Gasteiger partial charge < -0.3 is 0 Å². The second-order valence-electron chi connectivity index (χ2n) is 6.38. The van der Waals surface area contributed by atoms with Gasteiger partial charge in [0.2, 0.25) is 0 Å². The normalized spacial score (nSPS) is 14.5. The second-order valence-corrected chi connectivity index (χ2v) is 8.64. The molecule has 2 heterocycles. The lowest BCUT2D eigenvalue weighted by Crippen LogP contribution is -2.17. The van der Waals surface area contributed by atoms with Crippen molar-refractivity contribution in [2.45, 2.75) is 38.1 Å². The van der Waals surface area contributed by atoms with E-state index in [1.54, 1.807) is 16.8 Å². The molecule has 21 heavy (non-hydrogen) atoms. The van der Waals surface area contributed by atoms with E-state index in [0.717, 1.165) is 5.69 Å². The van der Waals surface area contributed by atoms with Gasteiger partial charge in [0, 0.05) is 23.7 Å². The summed E-state index contributed by atoms with van der Waals surface area (Å²) in [5, 5.41) is 4.52. The average Bonchev–Trinajstić information content (AvgIpc) is 2.81. The van der Waals surface area contributed by atoms with Gasteiger partial charge in [-0.1, -0.05) is 27.7 Å². The maximum absolute atomic E-state index is 12.5. The molecule has 0 N–H and O–H groups in total. The van der Waals surface area contributed by atoms with E-state index in [2.05, 4.69) is 10.1 Å². The Morgan fingerprint density at radius 3 is 2.62 bits per heavy atom. The molecular weight excluding hydrogens is 310 g/mol. The van der Waals surface area contributed by atoms with Crippen LogP contribution in [0.3, 0.4) is 0 Å². The Morgan fingerprint density at radius 2 is 2.05 bits per heavy atom. The predicted molar refractivity (Wildman–Crippen MR) is 83.6 cm³/mol. The van der Waals surface area contributed by atoms with Crippen molar-refractivity contribution in [2.75, 3.05) is 11.6 Å². The topological polar surface area (TPSA) is 64.3 Å². The molecule has 0 saturated heterocycles. The molecule has 5 nitrogen and oxygen atoms in total. The molecule has 0 radical (unpaired) electrons. The van der Waals surface area contributed by atoms with Gasteiger partial charge in [-0.15, -0.1) is 11.6 Å². The van der Waals surface area contributed by atoms with E-state index in [1.165, 1.54) is 6.20 Å². The first kappa shape index (κ1) is 16.2. The van der Waals surface area contributed by atoms with E-state index in [9.17, 15) is 8.42 Å². The van der Waals surface area contributed by atoms with Crippen LogP contribution >= 0.6 is 11.6 Å². The van der Waals surface area contributed by atoms with Crippen LogP contribution in [0.1, 0.15) is 33.4 Å². The second kappa shape index (κ2) is 5.57. The number of fused-ring (bicyclic) bond motifs is 1. The Hall–Kier alpha value is -1.14. The molecule has 0 fully saturated rings. The van der Waals surface area contributed by atoms with Crippen LogP contribution in [-0.4, -0.2) is 34.6 Å². The van der Waals surface area contributed by atoms with Crippen molar-refractivity contribution in [3.05, 3.63) is 24.2 Å². The molecular formula is C14H20ClN3O2S. The zero-order chi connectivity index (χ0) is 15.8. The van der Waals surface area contributed by atoms with Crippen molar-refractivity contribution >= 4 is 27.0 Å². The smallest absolute Gasteiger partial charge is 0.198 e. The summed E-state index contributed by atoms with van der Waals surface area (Å²) in [4.78, 5) is 4.07. The summed E-state index contributed by atoms with van der Waals surface area (Å²) in [6.45, 7) is 7.91. The molecule has 0 aliphatic rings. The van der Waals surface area contributed by atoms with Crippen molar-refractivity contribution in [3.8, 4) is 0 Å². The first-order valence-corrected chi connectivity index (χ1v) is 8.97. The molecule has 116 valence electrons. The van der Waals surface area contributed by atoms with E-state index in [0.29, 0.717) is 11.4 Å². The van der Waals surface area contributed by atoms with Gasteiger partial charge in [-0.25, -0.2) is 17.9 Å². The number of hydrogen-bond donors (Lipinski definition) is 0. The van der Waals surface area contributed by atoms with Crippen LogP contribution in [0.2, 0.25) is 0 Å². The van der Waals surface area contributed by atoms with Crippen molar-refractivity contribution in [2.24, 2.45) is 5.92 Å². The SMILES string of the molecule is CC(CCl)CS(=O)(=O)c1nccn2nc(C(C)(C)C)cc12. The quantitative estimate of drug-likeness (QED) is 0.809. The molecule has 2 aromatic rings. The number of nitrogens with zero attached hydrogens (tertiary/aromatic N) is 3. The van der Waals surface area contributed by atoms with Crippen LogP contribution in [0, 0.1) is 5.92 Å². The van der Waals surface area contributed by atoms with Gasteiger partial charge in [0.1, 0.15) is 5.52 Å². The predicted octanol–water partition coefficient (Wildman–Crippen LogP) is 2.68. The average molecular weight is 330 g/mol. The number of alkyl halides is 1. The lowest BCUT2D eigenvalue weighted by Gasteiger charge is -2.13. The highest BCUT2D eigenvalue weighted by atomic mass is 35.5. The molecule has 0 aromatic carbocycles. The Kier molecular flexibility index (Phi) is 4.31. The van der Waals surface area contributed by atoms with Crippen molar-refractivity contribution in [3.63, 3.8) is 0 Å². The minimum absolute atomic E-state index is 0.0147. The summed E-state index contributed by atoms with van der Waals surface area (Å²) < 4.78 is 26.6. The highest BCUT2D eigenvalue weighted by molar-refractivity contribution is 7.91. The number of hydrogen-bond acceptors (Lipinski definition) is 4. The number of rotatable bonds is 4. The fraction of sp³-hybridized carbons (Fsp3) is 0.571. The first-order chi connectivity index (χ1) is 9.65. The third kappa shape index (κ3) is 3.37. The van der Waals surface area contributed by atoms with Gasteiger partial charge in [-0.3, -0.25) is 0 Å². The summed E-state index contributed by atoms with van der Waals surface area (Å²) in [6, 6.07) is 1.80. The van der Waals surface area contributed by atoms with Gasteiger partial charge in [-0.05, 0) is 12.0 Å². The highest BCUT2D eigenvalue weighted by Crippen LogP contribution is 2.25. The van der Waals surface area contributed by atoms with E-state index >= 15 is 0 Å². The van der Waals surface area contributed by atoms with Crippen LogP contribution in [0.25, 0.3) is 5.52 Å². The van der Waals surface area contributed by atoms with Crippen LogP contribution in [-0.2, 0) is 15.3 Å². The summed E-state index contributed by atoms with van der Waals surface area (Å²) in [5.41, 5.74) is 1.19. The zero-order valence-corrected chi connectivity index (χ0v) is 14.2. The molecule has 1 unspecified atom stereocenters. The minimum Gasteiger partial charge on any atom is -0.241 e. The number of aromatic nitrogens is 3. The van der Waals surface area contributed by atoms with E-state index in [4.69, 9.17) is 11.6 Å². The maximum Gasteiger partial charge on any atom is 0.198 e. The molecule has 0 aliphatic heterocycles. The fourth-order valence-electron chi connectivity index (χ4n) is 2.00. The van der Waals surface area contributed by atoms with Gasteiger partial charge in [-0.2, -0.15) is 5.10 Å². The molecule has 2 rings (SSSR count). The number of sulfone groups is 1. The maximum atomic E-state index is 12.5. The van der Waals surface area contributed by atoms with Crippen LogP contribution in [0.5, 0.6) is 0 Å². The highest BCUT2D eigenvalue weighted by Gasteiger charge is 2.25. The Bertz CT molecular complexity index is 747. The number of halogens is 1. The molecule has 0 spiro atoms. The molecule has 1 atom stereocenters.